The van der Waals surface area contributed by atoms with Crippen LogP contribution in [0.1, 0.15) is 39.5 Å². The minimum absolute atomic E-state index is 0.0699. The number of hydrogen-bond donors (Lipinski definition) is 2. The van der Waals surface area contributed by atoms with Crippen molar-refractivity contribution in [1.29, 1.82) is 0 Å². The van der Waals surface area contributed by atoms with E-state index < -0.39 is 0 Å². The predicted molar refractivity (Wildman–Crippen MR) is 73.3 cm³/mol. The van der Waals surface area contributed by atoms with E-state index in [4.69, 9.17) is 0 Å². The molecule has 0 rings (SSSR count). The molecule has 0 aromatic carbocycles. The molecule has 0 saturated carbocycles. The van der Waals surface area contributed by atoms with Crippen LogP contribution in [-0.4, -0.2) is 49.9 Å². The fraction of sp³-hybridized carbons (Fsp3) is 0.846. The number of amides is 2. The van der Waals surface area contributed by atoms with Gasteiger partial charge in [0.2, 0.25) is 11.8 Å². The topological polar surface area (TPSA) is 61.4 Å². The van der Waals surface area contributed by atoms with Crippen molar-refractivity contribution >= 4 is 11.8 Å². The van der Waals surface area contributed by atoms with E-state index in [0.29, 0.717) is 25.8 Å². The van der Waals surface area contributed by atoms with Crippen LogP contribution >= 0.6 is 0 Å². The standard InChI is InChI=1S/C13H27N3O2/c1-4-16(5-2)13(18)9-7-11-15-12(17)8-6-10-14-3/h14H,4-11H2,1-3H3,(H,15,17). The molecule has 5 nitrogen and oxygen atoms in total. The molecular weight excluding hydrogens is 230 g/mol. The van der Waals surface area contributed by atoms with Crippen LogP contribution in [0.3, 0.4) is 0 Å². The molecule has 5 heteroatoms. The number of carbonyl (C=O) groups excluding carboxylic acids is 2. The van der Waals surface area contributed by atoms with Crippen LogP contribution in [-0.2, 0) is 9.59 Å². The van der Waals surface area contributed by atoms with Gasteiger partial charge in [0.25, 0.3) is 0 Å². The van der Waals surface area contributed by atoms with Gasteiger partial charge in [0.1, 0.15) is 0 Å². The van der Waals surface area contributed by atoms with E-state index in [2.05, 4.69) is 10.6 Å². The van der Waals surface area contributed by atoms with Gasteiger partial charge < -0.3 is 15.5 Å². The SMILES string of the molecule is CCN(CC)C(=O)CCCNC(=O)CCCNC. The first kappa shape index (κ1) is 16.9. The maximum absolute atomic E-state index is 11.7. The number of rotatable bonds is 10. The highest BCUT2D eigenvalue weighted by Gasteiger charge is 2.08. The average Bonchev–Trinajstić information content (AvgIpc) is 2.36. The molecule has 0 unspecified atom stereocenters. The van der Waals surface area contributed by atoms with Gasteiger partial charge in [0.05, 0.1) is 0 Å². The summed E-state index contributed by atoms with van der Waals surface area (Å²) in [5.41, 5.74) is 0. The fourth-order valence-corrected chi connectivity index (χ4v) is 1.72. The van der Waals surface area contributed by atoms with Crippen LogP contribution < -0.4 is 10.6 Å². The highest BCUT2D eigenvalue weighted by atomic mass is 16.2. The molecule has 0 aromatic rings. The van der Waals surface area contributed by atoms with Gasteiger partial charge in [-0.25, -0.2) is 0 Å². The van der Waals surface area contributed by atoms with E-state index >= 15 is 0 Å². The Labute approximate surface area is 110 Å². The third kappa shape index (κ3) is 8.06. The van der Waals surface area contributed by atoms with Crippen molar-refractivity contribution in [3.63, 3.8) is 0 Å². The van der Waals surface area contributed by atoms with E-state index in [0.717, 1.165) is 26.1 Å². The minimum atomic E-state index is 0.0699. The molecule has 2 amide bonds. The Morgan fingerprint density at radius 1 is 1.00 bits per heavy atom. The van der Waals surface area contributed by atoms with Gasteiger partial charge in [0, 0.05) is 32.5 Å². The van der Waals surface area contributed by atoms with E-state index in [1.807, 2.05) is 25.8 Å². The summed E-state index contributed by atoms with van der Waals surface area (Å²) in [6.45, 7) is 6.91. The zero-order valence-electron chi connectivity index (χ0n) is 11.9. The molecule has 106 valence electrons. The molecule has 0 heterocycles. The Morgan fingerprint density at radius 3 is 2.17 bits per heavy atom. The summed E-state index contributed by atoms with van der Waals surface area (Å²) < 4.78 is 0. The zero-order chi connectivity index (χ0) is 13.8. The van der Waals surface area contributed by atoms with Crippen molar-refractivity contribution in [2.45, 2.75) is 39.5 Å². The molecule has 0 aliphatic heterocycles. The van der Waals surface area contributed by atoms with Crippen LogP contribution in [0.4, 0.5) is 0 Å². The van der Waals surface area contributed by atoms with Crippen LogP contribution in [0.25, 0.3) is 0 Å². The molecule has 0 fully saturated rings. The Morgan fingerprint density at radius 2 is 1.61 bits per heavy atom. The summed E-state index contributed by atoms with van der Waals surface area (Å²) >= 11 is 0. The lowest BCUT2D eigenvalue weighted by molar-refractivity contribution is -0.131. The third-order valence-electron chi connectivity index (χ3n) is 2.84. The predicted octanol–water partition coefficient (Wildman–Crippen LogP) is 0.751. The summed E-state index contributed by atoms with van der Waals surface area (Å²) in [6, 6.07) is 0. The lowest BCUT2D eigenvalue weighted by Gasteiger charge is -2.18. The van der Waals surface area contributed by atoms with Crippen LogP contribution in [0.5, 0.6) is 0 Å². The Kier molecular flexibility index (Phi) is 10.3. The van der Waals surface area contributed by atoms with Crippen LogP contribution in [0.15, 0.2) is 0 Å². The molecule has 0 atom stereocenters. The average molecular weight is 257 g/mol. The summed E-state index contributed by atoms with van der Waals surface area (Å²) in [5, 5.41) is 5.83. The van der Waals surface area contributed by atoms with Crippen molar-refractivity contribution in [2.75, 3.05) is 33.2 Å². The molecule has 0 aromatic heterocycles. The largest absolute Gasteiger partial charge is 0.356 e. The first-order valence-corrected chi connectivity index (χ1v) is 6.84. The quantitative estimate of drug-likeness (QED) is 0.568. The van der Waals surface area contributed by atoms with E-state index in [9.17, 15) is 9.59 Å². The molecule has 0 aliphatic carbocycles. The van der Waals surface area contributed by atoms with Gasteiger partial charge in [-0.05, 0) is 40.3 Å². The first-order chi connectivity index (χ1) is 8.65. The molecular formula is C13H27N3O2. The molecule has 0 saturated heterocycles. The van der Waals surface area contributed by atoms with Gasteiger partial charge in [-0.2, -0.15) is 0 Å². The molecule has 0 bridgehead atoms. The van der Waals surface area contributed by atoms with Crippen molar-refractivity contribution in [3.8, 4) is 0 Å². The summed E-state index contributed by atoms with van der Waals surface area (Å²) in [5.74, 6) is 0.241. The van der Waals surface area contributed by atoms with Gasteiger partial charge in [0.15, 0.2) is 0 Å². The smallest absolute Gasteiger partial charge is 0.222 e. The van der Waals surface area contributed by atoms with Gasteiger partial charge in [-0.15, -0.1) is 0 Å². The van der Waals surface area contributed by atoms with E-state index in [1.54, 1.807) is 0 Å². The highest BCUT2D eigenvalue weighted by molar-refractivity contribution is 5.77. The zero-order valence-corrected chi connectivity index (χ0v) is 11.9. The van der Waals surface area contributed by atoms with E-state index in [-0.39, 0.29) is 11.8 Å². The van der Waals surface area contributed by atoms with Crippen LogP contribution in [0.2, 0.25) is 0 Å². The number of nitrogens with one attached hydrogen (secondary N) is 2. The maximum atomic E-state index is 11.7. The van der Waals surface area contributed by atoms with E-state index in [1.165, 1.54) is 0 Å². The number of hydrogen-bond acceptors (Lipinski definition) is 3. The molecule has 0 spiro atoms. The lowest BCUT2D eigenvalue weighted by atomic mass is 10.2. The number of carbonyl (C=O) groups is 2. The molecule has 18 heavy (non-hydrogen) atoms. The molecule has 0 aliphatic rings. The first-order valence-electron chi connectivity index (χ1n) is 6.84. The van der Waals surface area contributed by atoms with Gasteiger partial charge in [-0.3, -0.25) is 9.59 Å². The maximum Gasteiger partial charge on any atom is 0.222 e. The van der Waals surface area contributed by atoms with Crippen molar-refractivity contribution in [3.05, 3.63) is 0 Å². The van der Waals surface area contributed by atoms with Crippen molar-refractivity contribution < 1.29 is 9.59 Å². The van der Waals surface area contributed by atoms with Gasteiger partial charge in [-0.1, -0.05) is 0 Å². The minimum Gasteiger partial charge on any atom is -0.356 e. The number of nitrogens with zero attached hydrogens (tertiary/aromatic N) is 1. The Hall–Kier alpha value is -1.10. The van der Waals surface area contributed by atoms with Gasteiger partial charge >= 0.3 is 0 Å². The second kappa shape index (κ2) is 11.0. The molecule has 0 radical (unpaired) electrons. The fourth-order valence-electron chi connectivity index (χ4n) is 1.72. The normalized spacial score (nSPS) is 10.2. The monoisotopic (exact) mass is 257 g/mol. The van der Waals surface area contributed by atoms with Crippen molar-refractivity contribution in [1.82, 2.24) is 15.5 Å². The van der Waals surface area contributed by atoms with Crippen LogP contribution in [0, 0.1) is 0 Å². The summed E-state index contributed by atoms with van der Waals surface area (Å²) in [6.07, 6.45) is 2.62. The summed E-state index contributed by atoms with van der Waals surface area (Å²) in [7, 11) is 1.87. The Balaban J connectivity index is 3.54. The second-order valence-corrected chi connectivity index (χ2v) is 4.23. The highest BCUT2D eigenvalue weighted by Crippen LogP contribution is 1.97. The second-order valence-electron chi connectivity index (χ2n) is 4.23. The third-order valence-corrected chi connectivity index (χ3v) is 2.84. The van der Waals surface area contributed by atoms with Crippen molar-refractivity contribution in [2.24, 2.45) is 0 Å². The summed E-state index contributed by atoms with van der Waals surface area (Å²) in [4.78, 5) is 24.9. The Bertz CT molecular complexity index is 240. The lowest BCUT2D eigenvalue weighted by Crippen LogP contribution is -2.31. The molecule has 2 N–H and O–H groups in total.